The number of carbonyl (C=O) groups excluding carboxylic acids is 1. The van der Waals surface area contributed by atoms with Crippen LogP contribution in [0.5, 0.6) is 0 Å². The number of amides is 1. The Balaban J connectivity index is 2.01. The molecule has 0 radical (unpaired) electrons. The maximum Gasteiger partial charge on any atom is 0.446 e. The van der Waals surface area contributed by atoms with Gasteiger partial charge in [-0.2, -0.15) is 18.4 Å². The molecule has 0 spiro atoms. The number of sulfonamides is 1. The van der Waals surface area contributed by atoms with Gasteiger partial charge in [-0.1, -0.05) is 12.1 Å². The molecule has 1 amide bonds. The van der Waals surface area contributed by atoms with Crippen molar-refractivity contribution in [1.82, 2.24) is 9.71 Å². The number of anilines is 2. The number of thiazole rings is 1. The van der Waals surface area contributed by atoms with E-state index in [4.69, 9.17) is 5.26 Å². The van der Waals surface area contributed by atoms with E-state index in [9.17, 15) is 26.4 Å². The van der Waals surface area contributed by atoms with Crippen LogP contribution in [-0.2, 0) is 16.6 Å². The summed E-state index contributed by atoms with van der Waals surface area (Å²) < 4.78 is 63.2. The summed E-state index contributed by atoms with van der Waals surface area (Å²) in [7, 11) is -3.80. The lowest BCUT2D eigenvalue weighted by molar-refractivity contribution is -0.0328. The van der Waals surface area contributed by atoms with Crippen LogP contribution in [0, 0.1) is 18.3 Å². The monoisotopic (exact) mass is 526 g/mol. The number of carbonyl (C=O) groups is 1. The van der Waals surface area contributed by atoms with Gasteiger partial charge in [-0.25, -0.2) is 18.1 Å². The summed E-state index contributed by atoms with van der Waals surface area (Å²) in [5.41, 5.74) is -2.97. The Bertz CT molecular complexity index is 1350. The number of alkyl halides is 3. The van der Waals surface area contributed by atoms with Gasteiger partial charge in [0.2, 0.25) is 10.0 Å². The summed E-state index contributed by atoms with van der Waals surface area (Å²) in [4.78, 5) is 18.8. The summed E-state index contributed by atoms with van der Waals surface area (Å²) >= 11 is 0.901. The summed E-state index contributed by atoms with van der Waals surface area (Å²) in [6, 6.07) is 14.4. The number of hydrogen-bond donors (Lipinski definition) is 1. The molecule has 0 aliphatic carbocycles. The van der Waals surface area contributed by atoms with Crippen molar-refractivity contribution in [1.29, 1.82) is 5.26 Å². The first-order valence-electron chi connectivity index (χ1n) is 9.46. The molecule has 1 N–H and O–H groups in total. The first-order valence-corrected chi connectivity index (χ1v) is 13.0. The van der Waals surface area contributed by atoms with E-state index >= 15 is 0 Å². The van der Waals surface area contributed by atoms with Crippen LogP contribution in [-0.4, -0.2) is 31.1 Å². The zero-order valence-corrected chi connectivity index (χ0v) is 20.2. The molecule has 0 fully saturated rings. The standard InChI is InChI=1S/C21H17F3N4O3S3/c1-13-18(19(29)27-34(2,30)31)26-20(32-13)28(16-8-6-14(11-25)7-9-16)12-15-4-3-5-17(10-15)33-21(22,23)24/h3-10H,12H2,1-2H3,(H,27,29). The second-order valence-corrected chi connectivity index (χ2v) is 11.1. The third-order valence-electron chi connectivity index (χ3n) is 4.29. The maximum absolute atomic E-state index is 12.8. The van der Waals surface area contributed by atoms with Gasteiger partial charge in [0.1, 0.15) is 5.69 Å². The van der Waals surface area contributed by atoms with Gasteiger partial charge in [0.15, 0.2) is 5.13 Å². The van der Waals surface area contributed by atoms with E-state index in [0.717, 1.165) is 17.6 Å². The number of nitriles is 1. The molecular weight excluding hydrogens is 509 g/mol. The van der Waals surface area contributed by atoms with Crippen LogP contribution in [0.4, 0.5) is 24.0 Å². The molecule has 0 saturated carbocycles. The van der Waals surface area contributed by atoms with Gasteiger partial charge >= 0.3 is 5.51 Å². The average Bonchev–Trinajstić information content (AvgIpc) is 3.11. The molecule has 0 aliphatic heterocycles. The van der Waals surface area contributed by atoms with E-state index < -0.39 is 21.4 Å². The van der Waals surface area contributed by atoms with Crippen LogP contribution >= 0.6 is 23.1 Å². The Labute approximate surface area is 202 Å². The number of hydrogen-bond acceptors (Lipinski definition) is 8. The van der Waals surface area contributed by atoms with Crippen molar-refractivity contribution < 1.29 is 26.4 Å². The smallest absolute Gasteiger partial charge is 0.313 e. The molecule has 0 atom stereocenters. The van der Waals surface area contributed by atoms with Crippen LogP contribution in [0.3, 0.4) is 0 Å². The highest BCUT2D eigenvalue weighted by atomic mass is 32.2. The molecular formula is C21H17F3N4O3S3. The highest BCUT2D eigenvalue weighted by molar-refractivity contribution is 8.00. The molecule has 178 valence electrons. The molecule has 1 aromatic heterocycles. The Kier molecular flexibility index (Phi) is 7.54. The van der Waals surface area contributed by atoms with Gasteiger partial charge in [0.05, 0.1) is 24.4 Å². The molecule has 0 aliphatic rings. The van der Waals surface area contributed by atoms with E-state index in [1.54, 1.807) is 42.2 Å². The van der Waals surface area contributed by atoms with E-state index in [1.165, 1.54) is 18.2 Å². The van der Waals surface area contributed by atoms with Crippen molar-refractivity contribution in [3.05, 3.63) is 70.2 Å². The molecule has 0 saturated heterocycles. The summed E-state index contributed by atoms with van der Waals surface area (Å²) in [5, 5.41) is 9.40. The number of nitrogens with one attached hydrogen (secondary N) is 1. The van der Waals surface area contributed by atoms with Crippen LogP contribution in [0.25, 0.3) is 0 Å². The molecule has 3 aromatic rings. The summed E-state index contributed by atoms with van der Waals surface area (Å²) in [6.07, 6.45) is 0.850. The Morgan fingerprint density at radius 3 is 2.50 bits per heavy atom. The number of benzene rings is 2. The summed E-state index contributed by atoms with van der Waals surface area (Å²) in [6.45, 7) is 1.72. The number of aryl methyl sites for hydroxylation is 1. The molecule has 3 rings (SSSR count). The van der Waals surface area contributed by atoms with Crippen molar-refractivity contribution in [2.75, 3.05) is 11.2 Å². The zero-order valence-electron chi connectivity index (χ0n) is 17.8. The minimum atomic E-state index is -4.43. The fraction of sp³-hybridized carbons (Fsp3) is 0.190. The highest BCUT2D eigenvalue weighted by Crippen LogP contribution is 2.38. The second kappa shape index (κ2) is 10.0. The van der Waals surface area contributed by atoms with Crippen LogP contribution in [0.1, 0.15) is 26.5 Å². The van der Waals surface area contributed by atoms with Gasteiger partial charge in [0, 0.05) is 15.5 Å². The molecule has 0 bridgehead atoms. The third kappa shape index (κ3) is 6.96. The van der Waals surface area contributed by atoms with Gasteiger partial charge in [-0.3, -0.25) is 4.79 Å². The van der Waals surface area contributed by atoms with Crippen molar-refractivity contribution >= 4 is 49.8 Å². The molecule has 2 aromatic carbocycles. The predicted molar refractivity (Wildman–Crippen MR) is 125 cm³/mol. The molecule has 0 unspecified atom stereocenters. The lowest BCUT2D eigenvalue weighted by Crippen LogP contribution is -2.30. The number of aromatic nitrogens is 1. The van der Waals surface area contributed by atoms with Crippen molar-refractivity contribution in [2.24, 2.45) is 0 Å². The quantitative estimate of drug-likeness (QED) is 0.434. The van der Waals surface area contributed by atoms with Crippen molar-refractivity contribution in [3.8, 4) is 6.07 Å². The largest absolute Gasteiger partial charge is 0.446 e. The highest BCUT2D eigenvalue weighted by Gasteiger charge is 2.29. The predicted octanol–water partition coefficient (Wildman–Crippen LogP) is 4.96. The number of rotatable bonds is 7. The SMILES string of the molecule is Cc1sc(N(Cc2cccc(SC(F)(F)F)c2)c2ccc(C#N)cc2)nc1C(=O)NS(C)(=O)=O. The normalized spacial score (nSPS) is 11.6. The molecule has 13 heteroatoms. The Hall–Kier alpha value is -3.08. The van der Waals surface area contributed by atoms with Crippen LogP contribution in [0.2, 0.25) is 0 Å². The fourth-order valence-corrected chi connectivity index (χ4v) is 4.92. The Morgan fingerprint density at radius 2 is 1.91 bits per heavy atom. The maximum atomic E-state index is 12.8. The van der Waals surface area contributed by atoms with Gasteiger partial charge in [-0.05, 0) is 60.6 Å². The lowest BCUT2D eigenvalue weighted by Gasteiger charge is -2.22. The first-order chi connectivity index (χ1) is 15.8. The van der Waals surface area contributed by atoms with Crippen molar-refractivity contribution in [2.45, 2.75) is 23.9 Å². The lowest BCUT2D eigenvalue weighted by atomic mass is 10.2. The average molecular weight is 527 g/mol. The van der Waals surface area contributed by atoms with E-state index in [2.05, 4.69) is 4.98 Å². The van der Waals surface area contributed by atoms with Gasteiger partial charge < -0.3 is 4.90 Å². The molecule has 1 heterocycles. The minimum absolute atomic E-state index is 0.0216. The van der Waals surface area contributed by atoms with E-state index in [-0.39, 0.29) is 28.9 Å². The Morgan fingerprint density at radius 1 is 1.24 bits per heavy atom. The van der Waals surface area contributed by atoms with Crippen LogP contribution in [0.15, 0.2) is 53.4 Å². The van der Waals surface area contributed by atoms with Gasteiger partial charge in [-0.15, -0.1) is 11.3 Å². The number of halogens is 3. The number of nitrogens with zero attached hydrogens (tertiary/aromatic N) is 3. The fourth-order valence-electron chi connectivity index (χ4n) is 2.93. The topological polar surface area (TPSA) is 103 Å². The molecule has 7 nitrogen and oxygen atoms in total. The third-order valence-corrected chi connectivity index (χ3v) is 6.56. The molecule has 34 heavy (non-hydrogen) atoms. The van der Waals surface area contributed by atoms with Crippen molar-refractivity contribution in [3.63, 3.8) is 0 Å². The van der Waals surface area contributed by atoms with E-state index in [0.29, 0.717) is 26.8 Å². The summed E-state index contributed by atoms with van der Waals surface area (Å²) in [5.74, 6) is -0.883. The first kappa shape index (κ1) is 25.5. The van der Waals surface area contributed by atoms with Gasteiger partial charge in [0.25, 0.3) is 5.91 Å². The number of thioether (sulfide) groups is 1. The van der Waals surface area contributed by atoms with Crippen LogP contribution < -0.4 is 9.62 Å². The second-order valence-electron chi connectivity index (χ2n) is 7.04. The zero-order chi connectivity index (χ0) is 25.1. The minimum Gasteiger partial charge on any atom is -0.313 e. The van der Waals surface area contributed by atoms with E-state index in [1.807, 2.05) is 10.8 Å².